The molecule has 6 heteroatoms. The van der Waals surface area contributed by atoms with E-state index in [9.17, 15) is 4.79 Å². The van der Waals surface area contributed by atoms with Gasteiger partial charge in [0, 0.05) is 3.57 Å². The number of carbonyl (C=O) groups excluding carboxylic acids is 1. The Morgan fingerprint density at radius 3 is 2.66 bits per heavy atom. The molecule has 4 nitrogen and oxygen atoms in total. The second kappa shape index (κ2) is 9.28. The molecule has 1 N–H and O–H groups in total. The standard InChI is InChI=1S/C23H17IN2O2S/c24-18-9-5-10-19(14-18)25-23-26-22(27)21(29-23)13-17-8-4-11-20(12-17)28-15-16-6-2-1-3-7-16/h1-14H,15H2,(H,25,26,27)/b21-13+. The number of nitrogens with one attached hydrogen (secondary N) is 1. The average molecular weight is 512 g/mol. The lowest BCUT2D eigenvalue weighted by atomic mass is 10.2. The van der Waals surface area contributed by atoms with E-state index < -0.39 is 0 Å². The monoisotopic (exact) mass is 512 g/mol. The fourth-order valence-corrected chi connectivity index (χ4v) is 4.10. The molecular formula is C23H17IN2O2S. The molecule has 0 unspecified atom stereocenters. The number of hydrogen-bond donors (Lipinski definition) is 1. The van der Waals surface area contributed by atoms with E-state index in [-0.39, 0.29) is 5.91 Å². The normalized spacial score (nSPS) is 16.2. The lowest BCUT2D eigenvalue weighted by Gasteiger charge is -2.07. The van der Waals surface area contributed by atoms with Gasteiger partial charge in [0.05, 0.1) is 10.6 Å². The van der Waals surface area contributed by atoms with Crippen LogP contribution in [0, 0.1) is 3.57 Å². The number of carbonyl (C=O) groups is 1. The van der Waals surface area contributed by atoms with E-state index in [1.807, 2.05) is 84.9 Å². The molecule has 1 aliphatic heterocycles. The highest BCUT2D eigenvalue weighted by molar-refractivity contribution is 14.1. The Hall–Kier alpha value is -2.58. The molecule has 0 aromatic heterocycles. The Balaban J connectivity index is 1.47. The van der Waals surface area contributed by atoms with Crippen LogP contribution in [-0.2, 0) is 11.4 Å². The first-order valence-corrected chi connectivity index (χ1v) is 10.9. The van der Waals surface area contributed by atoms with Gasteiger partial charge < -0.3 is 10.1 Å². The van der Waals surface area contributed by atoms with Gasteiger partial charge in [0.25, 0.3) is 5.91 Å². The van der Waals surface area contributed by atoms with Crippen molar-refractivity contribution < 1.29 is 9.53 Å². The highest BCUT2D eigenvalue weighted by Crippen LogP contribution is 2.29. The van der Waals surface area contributed by atoms with E-state index in [0.717, 1.165) is 26.1 Å². The summed E-state index contributed by atoms with van der Waals surface area (Å²) in [6, 6.07) is 25.6. The molecule has 0 aliphatic carbocycles. The van der Waals surface area contributed by atoms with Crippen LogP contribution in [0.1, 0.15) is 11.1 Å². The number of amidine groups is 1. The molecule has 0 saturated carbocycles. The summed E-state index contributed by atoms with van der Waals surface area (Å²) in [6.45, 7) is 0.503. The zero-order chi connectivity index (χ0) is 20.1. The summed E-state index contributed by atoms with van der Waals surface area (Å²) < 4.78 is 6.97. The number of aliphatic imine (C=N–C) groups is 1. The van der Waals surface area contributed by atoms with Crippen LogP contribution in [0.2, 0.25) is 0 Å². The van der Waals surface area contributed by atoms with Crippen molar-refractivity contribution in [3.8, 4) is 5.75 Å². The quantitative estimate of drug-likeness (QED) is 0.349. The van der Waals surface area contributed by atoms with Crippen LogP contribution >= 0.6 is 34.4 Å². The van der Waals surface area contributed by atoms with Crippen molar-refractivity contribution in [3.05, 3.63) is 98.5 Å². The molecule has 3 aromatic carbocycles. The fraction of sp³-hybridized carbons (Fsp3) is 0.0435. The Morgan fingerprint density at radius 2 is 1.83 bits per heavy atom. The zero-order valence-corrected chi connectivity index (χ0v) is 18.3. The van der Waals surface area contributed by atoms with E-state index in [2.05, 4.69) is 32.9 Å². The van der Waals surface area contributed by atoms with E-state index in [1.165, 1.54) is 11.8 Å². The molecule has 1 heterocycles. The number of ether oxygens (including phenoxy) is 1. The Kier molecular flexibility index (Phi) is 6.31. The minimum Gasteiger partial charge on any atom is -0.489 e. The van der Waals surface area contributed by atoms with Crippen LogP contribution in [0.3, 0.4) is 0 Å². The average Bonchev–Trinajstić information content (AvgIpc) is 3.06. The second-order valence-corrected chi connectivity index (χ2v) is 8.58. The lowest BCUT2D eigenvalue weighted by molar-refractivity contribution is -0.115. The topological polar surface area (TPSA) is 50.7 Å². The molecule has 144 valence electrons. The number of amides is 1. The van der Waals surface area contributed by atoms with Gasteiger partial charge in [-0.2, -0.15) is 0 Å². The highest BCUT2D eigenvalue weighted by atomic mass is 127. The zero-order valence-electron chi connectivity index (χ0n) is 15.3. The smallest absolute Gasteiger partial charge is 0.264 e. The van der Waals surface area contributed by atoms with E-state index in [1.54, 1.807) is 0 Å². The van der Waals surface area contributed by atoms with Crippen molar-refractivity contribution in [2.45, 2.75) is 6.61 Å². The van der Waals surface area contributed by atoms with Crippen molar-refractivity contribution in [2.75, 3.05) is 0 Å². The number of halogens is 1. The summed E-state index contributed by atoms with van der Waals surface area (Å²) >= 11 is 3.58. The maximum Gasteiger partial charge on any atom is 0.264 e. The van der Waals surface area contributed by atoms with E-state index in [4.69, 9.17) is 4.74 Å². The van der Waals surface area contributed by atoms with Crippen molar-refractivity contribution in [1.29, 1.82) is 0 Å². The van der Waals surface area contributed by atoms with Gasteiger partial charge in [-0.3, -0.25) is 4.79 Å². The molecule has 0 radical (unpaired) electrons. The van der Waals surface area contributed by atoms with Crippen molar-refractivity contribution in [3.63, 3.8) is 0 Å². The first kappa shape index (κ1) is 19.7. The summed E-state index contributed by atoms with van der Waals surface area (Å²) in [6.07, 6.45) is 1.85. The first-order chi connectivity index (χ1) is 14.2. The minimum atomic E-state index is -0.144. The van der Waals surface area contributed by atoms with E-state index in [0.29, 0.717) is 16.7 Å². The Morgan fingerprint density at radius 1 is 1.00 bits per heavy atom. The summed E-state index contributed by atoms with van der Waals surface area (Å²) in [7, 11) is 0. The number of benzene rings is 3. The van der Waals surface area contributed by atoms with Gasteiger partial charge in [-0.25, -0.2) is 4.99 Å². The van der Waals surface area contributed by atoms with Crippen LogP contribution in [0.4, 0.5) is 5.69 Å². The van der Waals surface area contributed by atoms with Crippen LogP contribution in [0.5, 0.6) is 5.75 Å². The van der Waals surface area contributed by atoms with Gasteiger partial charge in [-0.15, -0.1) is 0 Å². The number of thioether (sulfide) groups is 1. The van der Waals surface area contributed by atoms with Crippen LogP contribution < -0.4 is 10.1 Å². The van der Waals surface area contributed by atoms with Crippen LogP contribution in [-0.4, -0.2) is 11.1 Å². The van der Waals surface area contributed by atoms with Gasteiger partial charge in [-0.05, 0) is 81.9 Å². The third-order valence-electron chi connectivity index (χ3n) is 4.09. The molecule has 1 aliphatic rings. The van der Waals surface area contributed by atoms with Gasteiger partial charge in [-0.1, -0.05) is 48.5 Å². The van der Waals surface area contributed by atoms with Crippen LogP contribution in [0.15, 0.2) is 88.8 Å². The molecule has 4 rings (SSSR count). The predicted molar refractivity (Wildman–Crippen MR) is 127 cm³/mol. The van der Waals surface area contributed by atoms with Gasteiger partial charge in [0.2, 0.25) is 0 Å². The molecule has 0 bridgehead atoms. The molecule has 3 aromatic rings. The third kappa shape index (κ3) is 5.48. The molecule has 29 heavy (non-hydrogen) atoms. The Labute approximate surface area is 187 Å². The number of nitrogens with zero attached hydrogens (tertiary/aromatic N) is 1. The minimum absolute atomic E-state index is 0.144. The van der Waals surface area contributed by atoms with Crippen molar-refractivity contribution in [2.24, 2.45) is 4.99 Å². The van der Waals surface area contributed by atoms with Gasteiger partial charge in [0.15, 0.2) is 5.17 Å². The van der Waals surface area contributed by atoms with Crippen LogP contribution in [0.25, 0.3) is 6.08 Å². The van der Waals surface area contributed by atoms with E-state index >= 15 is 0 Å². The number of rotatable bonds is 5. The molecule has 0 atom stereocenters. The first-order valence-electron chi connectivity index (χ1n) is 8.98. The van der Waals surface area contributed by atoms with Gasteiger partial charge >= 0.3 is 0 Å². The molecular weight excluding hydrogens is 495 g/mol. The summed E-state index contributed by atoms with van der Waals surface area (Å²) in [5, 5.41) is 3.41. The van der Waals surface area contributed by atoms with Gasteiger partial charge in [0.1, 0.15) is 12.4 Å². The van der Waals surface area contributed by atoms with Crippen molar-refractivity contribution in [1.82, 2.24) is 5.32 Å². The lowest BCUT2D eigenvalue weighted by Crippen LogP contribution is -2.19. The molecule has 0 spiro atoms. The fourth-order valence-electron chi connectivity index (χ4n) is 2.73. The second-order valence-electron chi connectivity index (χ2n) is 6.31. The summed E-state index contributed by atoms with van der Waals surface area (Å²) in [5.74, 6) is 0.620. The maximum absolute atomic E-state index is 12.3. The summed E-state index contributed by atoms with van der Waals surface area (Å²) in [5.41, 5.74) is 2.83. The SMILES string of the molecule is O=C1NC(=Nc2cccc(I)c2)S/C1=C/c1cccc(OCc2ccccc2)c1. The molecule has 1 fully saturated rings. The largest absolute Gasteiger partial charge is 0.489 e. The van der Waals surface area contributed by atoms with Crippen molar-refractivity contribution >= 4 is 57.2 Å². The predicted octanol–water partition coefficient (Wildman–Crippen LogP) is 5.76. The molecule has 1 saturated heterocycles. The Bertz CT molecular complexity index is 1100. The highest BCUT2D eigenvalue weighted by Gasteiger charge is 2.23. The molecule has 1 amide bonds. The third-order valence-corrected chi connectivity index (χ3v) is 5.67. The summed E-state index contributed by atoms with van der Waals surface area (Å²) in [4.78, 5) is 17.5. The number of hydrogen-bond acceptors (Lipinski definition) is 4. The maximum atomic E-state index is 12.3.